The van der Waals surface area contributed by atoms with Crippen molar-refractivity contribution in [3.8, 4) is 0 Å². The van der Waals surface area contributed by atoms with Gasteiger partial charge in [0.05, 0.1) is 10.1 Å². The fraction of sp³-hybridized carbons (Fsp3) is 0.333. The molecule has 0 spiro atoms. The molecule has 15 heavy (non-hydrogen) atoms. The zero-order chi connectivity index (χ0) is 10.9. The lowest BCUT2D eigenvalue weighted by atomic mass is 10.3. The van der Waals surface area contributed by atoms with Crippen LogP contribution >= 0.6 is 0 Å². The molecular weight excluding hydrogens is 208 g/mol. The molecule has 0 saturated heterocycles. The largest absolute Gasteiger partial charge is 0.223 e. The average molecular weight is 222 g/mol. The Morgan fingerprint density at radius 3 is 2.33 bits per heavy atom. The Morgan fingerprint density at radius 1 is 1.27 bits per heavy atom. The molecule has 0 aliphatic heterocycles. The molecule has 0 bridgehead atoms. The van der Waals surface area contributed by atoms with E-state index >= 15 is 0 Å². The molecule has 0 N–H and O–H groups in total. The van der Waals surface area contributed by atoms with Crippen LogP contribution in [0.2, 0.25) is 0 Å². The van der Waals surface area contributed by atoms with Crippen LogP contribution in [0.15, 0.2) is 47.9 Å². The van der Waals surface area contributed by atoms with E-state index in [0.29, 0.717) is 4.90 Å². The second-order valence-corrected chi connectivity index (χ2v) is 6.00. The third-order valence-corrected chi connectivity index (χ3v) is 4.97. The van der Waals surface area contributed by atoms with Crippen molar-refractivity contribution in [2.24, 2.45) is 5.92 Å². The number of hydrogen-bond acceptors (Lipinski definition) is 2. The molecule has 1 saturated carbocycles. The highest BCUT2D eigenvalue weighted by Gasteiger charge is 2.38. The third-order valence-electron chi connectivity index (χ3n) is 2.75. The molecule has 1 fully saturated rings. The van der Waals surface area contributed by atoms with Gasteiger partial charge in [-0.1, -0.05) is 24.3 Å². The second kappa shape index (κ2) is 3.81. The predicted octanol–water partition coefficient (Wildman–Crippen LogP) is 2.42. The summed E-state index contributed by atoms with van der Waals surface area (Å²) < 4.78 is 24.3. The number of rotatable bonds is 4. The van der Waals surface area contributed by atoms with Crippen LogP contribution in [0, 0.1) is 5.92 Å². The Hall–Kier alpha value is -1.09. The molecule has 0 heterocycles. The topological polar surface area (TPSA) is 34.1 Å². The average Bonchev–Trinajstić information content (AvgIpc) is 3.04. The Morgan fingerprint density at radius 2 is 1.87 bits per heavy atom. The van der Waals surface area contributed by atoms with Gasteiger partial charge in [0.15, 0.2) is 9.84 Å². The van der Waals surface area contributed by atoms with Crippen LogP contribution in [0.4, 0.5) is 0 Å². The highest BCUT2D eigenvalue weighted by molar-refractivity contribution is 7.92. The van der Waals surface area contributed by atoms with Gasteiger partial charge in [-0.15, -0.1) is 6.58 Å². The first-order valence-electron chi connectivity index (χ1n) is 5.08. The van der Waals surface area contributed by atoms with Gasteiger partial charge >= 0.3 is 0 Å². The van der Waals surface area contributed by atoms with Crippen LogP contribution in [-0.4, -0.2) is 13.7 Å². The van der Waals surface area contributed by atoms with Crippen molar-refractivity contribution < 1.29 is 8.42 Å². The molecule has 1 atom stereocenters. The van der Waals surface area contributed by atoms with E-state index in [4.69, 9.17) is 0 Å². The van der Waals surface area contributed by atoms with Gasteiger partial charge in [0.25, 0.3) is 0 Å². The van der Waals surface area contributed by atoms with Crippen molar-refractivity contribution in [3.05, 3.63) is 43.0 Å². The second-order valence-electron chi connectivity index (χ2n) is 3.90. The SMILES string of the molecule is C=CC(C1CC1)S(=O)(=O)c1ccccc1. The van der Waals surface area contributed by atoms with Gasteiger partial charge in [-0.25, -0.2) is 8.42 Å². The van der Waals surface area contributed by atoms with Gasteiger partial charge in [-0.2, -0.15) is 0 Å². The van der Waals surface area contributed by atoms with Crippen molar-refractivity contribution in [2.75, 3.05) is 0 Å². The van der Waals surface area contributed by atoms with Crippen molar-refractivity contribution in [3.63, 3.8) is 0 Å². The van der Waals surface area contributed by atoms with Crippen LogP contribution in [0.25, 0.3) is 0 Å². The Labute approximate surface area is 90.6 Å². The van der Waals surface area contributed by atoms with Crippen molar-refractivity contribution in [1.82, 2.24) is 0 Å². The molecule has 2 nitrogen and oxygen atoms in total. The number of sulfone groups is 1. The molecule has 0 aromatic heterocycles. The molecule has 80 valence electrons. The van der Waals surface area contributed by atoms with E-state index in [9.17, 15) is 8.42 Å². The first-order valence-corrected chi connectivity index (χ1v) is 6.62. The van der Waals surface area contributed by atoms with Crippen LogP contribution in [0.1, 0.15) is 12.8 Å². The lowest BCUT2D eigenvalue weighted by Crippen LogP contribution is -2.21. The third kappa shape index (κ3) is 1.97. The maximum absolute atomic E-state index is 12.2. The van der Waals surface area contributed by atoms with Crippen molar-refractivity contribution in [2.45, 2.75) is 23.0 Å². The van der Waals surface area contributed by atoms with E-state index < -0.39 is 15.1 Å². The standard InChI is InChI=1S/C12H14O2S/c1-2-12(10-8-9-10)15(13,14)11-6-4-3-5-7-11/h2-7,10,12H,1,8-9H2. The highest BCUT2D eigenvalue weighted by atomic mass is 32.2. The van der Waals surface area contributed by atoms with E-state index in [1.54, 1.807) is 30.3 Å². The zero-order valence-electron chi connectivity index (χ0n) is 8.46. The number of hydrogen-bond donors (Lipinski definition) is 0. The quantitative estimate of drug-likeness (QED) is 0.733. The molecule has 1 aliphatic carbocycles. The fourth-order valence-electron chi connectivity index (χ4n) is 1.76. The summed E-state index contributed by atoms with van der Waals surface area (Å²) in [5.74, 6) is 0.285. The molecule has 1 aromatic rings. The summed E-state index contributed by atoms with van der Waals surface area (Å²) >= 11 is 0. The minimum Gasteiger partial charge on any atom is -0.223 e. The maximum Gasteiger partial charge on any atom is 0.185 e. The summed E-state index contributed by atoms with van der Waals surface area (Å²) in [6, 6.07) is 8.61. The lowest BCUT2D eigenvalue weighted by molar-refractivity contribution is 0.582. The van der Waals surface area contributed by atoms with E-state index in [1.165, 1.54) is 0 Å². The number of benzene rings is 1. The van der Waals surface area contributed by atoms with Gasteiger partial charge in [0, 0.05) is 0 Å². The van der Waals surface area contributed by atoms with Crippen LogP contribution in [-0.2, 0) is 9.84 Å². The minimum atomic E-state index is -3.21. The molecule has 1 unspecified atom stereocenters. The van der Waals surface area contributed by atoms with E-state index in [-0.39, 0.29) is 5.92 Å². The van der Waals surface area contributed by atoms with Gasteiger partial charge in [0.1, 0.15) is 0 Å². The van der Waals surface area contributed by atoms with E-state index in [2.05, 4.69) is 6.58 Å². The predicted molar refractivity (Wildman–Crippen MR) is 60.3 cm³/mol. The molecule has 2 rings (SSSR count). The van der Waals surface area contributed by atoms with E-state index in [1.807, 2.05) is 6.07 Å². The normalized spacial score (nSPS) is 18.4. The molecular formula is C12H14O2S. The summed E-state index contributed by atoms with van der Waals surface area (Å²) in [5.41, 5.74) is 0. The zero-order valence-corrected chi connectivity index (χ0v) is 9.28. The summed E-state index contributed by atoms with van der Waals surface area (Å²) in [5, 5.41) is -0.403. The van der Waals surface area contributed by atoms with Crippen LogP contribution < -0.4 is 0 Å². The molecule has 0 amide bonds. The molecule has 0 radical (unpaired) electrons. The van der Waals surface area contributed by atoms with Crippen molar-refractivity contribution >= 4 is 9.84 Å². The summed E-state index contributed by atoms with van der Waals surface area (Å²) in [7, 11) is -3.21. The first kappa shape index (κ1) is 10.4. The first-order chi connectivity index (χ1) is 7.16. The summed E-state index contributed by atoms with van der Waals surface area (Å²) in [4.78, 5) is 0.404. The van der Waals surface area contributed by atoms with Crippen molar-refractivity contribution in [1.29, 1.82) is 0 Å². The summed E-state index contributed by atoms with van der Waals surface area (Å²) in [6.45, 7) is 3.63. The van der Waals surface area contributed by atoms with Gasteiger partial charge in [-0.05, 0) is 30.9 Å². The van der Waals surface area contributed by atoms with Gasteiger partial charge in [-0.3, -0.25) is 0 Å². The smallest absolute Gasteiger partial charge is 0.185 e. The minimum absolute atomic E-state index is 0.285. The van der Waals surface area contributed by atoms with Crippen LogP contribution in [0.3, 0.4) is 0 Å². The molecule has 3 heteroatoms. The Bertz CT molecular complexity index is 444. The molecule has 1 aromatic carbocycles. The lowest BCUT2D eigenvalue weighted by Gasteiger charge is -2.12. The Kier molecular flexibility index (Phi) is 2.65. The van der Waals surface area contributed by atoms with Gasteiger partial charge in [0.2, 0.25) is 0 Å². The van der Waals surface area contributed by atoms with Gasteiger partial charge < -0.3 is 0 Å². The Balaban J connectivity index is 2.37. The molecule has 1 aliphatic rings. The maximum atomic E-state index is 12.2. The fourth-order valence-corrected chi connectivity index (χ4v) is 3.65. The van der Waals surface area contributed by atoms with Crippen LogP contribution in [0.5, 0.6) is 0 Å². The monoisotopic (exact) mass is 222 g/mol. The summed E-state index contributed by atoms with van der Waals surface area (Å²) in [6.07, 6.45) is 3.57. The van der Waals surface area contributed by atoms with E-state index in [0.717, 1.165) is 12.8 Å². The highest BCUT2D eigenvalue weighted by Crippen LogP contribution is 2.38.